The molecule has 1 N–H and O–H groups in total. The molecule has 0 amide bonds. The van der Waals surface area contributed by atoms with Gasteiger partial charge in [-0.3, -0.25) is 4.98 Å². The summed E-state index contributed by atoms with van der Waals surface area (Å²) in [5.74, 6) is -3.89. The highest BCUT2D eigenvalue weighted by Gasteiger charge is 2.10. The van der Waals surface area contributed by atoms with Gasteiger partial charge in [-0.2, -0.15) is 0 Å². The first kappa shape index (κ1) is 13.4. The normalized spacial score (nSPS) is 10.8. The zero-order valence-corrected chi connectivity index (χ0v) is 10.9. The van der Waals surface area contributed by atoms with E-state index in [9.17, 15) is 13.2 Å². The molecule has 0 spiro atoms. The minimum atomic E-state index is -1.47. The molecule has 3 aromatic rings. The standard InChI is InChI=1S/C16H11F3N2/c17-14-5-12(6-15(18)16(14)19)21-9-11-8-20-7-10-3-1-2-4-13(10)11/h1-8,21H,9H2. The molecule has 106 valence electrons. The maximum atomic E-state index is 13.2. The Bertz CT molecular complexity index is 774. The molecule has 0 unspecified atom stereocenters. The van der Waals surface area contributed by atoms with Crippen LogP contribution in [0.4, 0.5) is 18.9 Å². The Morgan fingerprint density at radius 1 is 0.952 bits per heavy atom. The zero-order chi connectivity index (χ0) is 14.8. The lowest BCUT2D eigenvalue weighted by Gasteiger charge is -2.09. The molecule has 0 saturated heterocycles. The number of benzene rings is 2. The van der Waals surface area contributed by atoms with Crippen LogP contribution in [0, 0.1) is 17.5 Å². The van der Waals surface area contributed by atoms with Gasteiger partial charge in [-0.15, -0.1) is 0 Å². The number of halogens is 3. The molecule has 2 nitrogen and oxygen atoms in total. The van der Waals surface area contributed by atoms with Gasteiger partial charge < -0.3 is 5.32 Å². The molecule has 5 heteroatoms. The third-order valence-electron chi connectivity index (χ3n) is 3.22. The molecule has 0 bridgehead atoms. The van der Waals surface area contributed by atoms with Gasteiger partial charge in [0, 0.05) is 42.1 Å². The summed E-state index contributed by atoms with van der Waals surface area (Å²) in [4.78, 5) is 4.13. The van der Waals surface area contributed by atoms with Gasteiger partial charge in [0.15, 0.2) is 17.5 Å². The number of hydrogen-bond acceptors (Lipinski definition) is 2. The number of pyridine rings is 1. The predicted octanol–water partition coefficient (Wildman–Crippen LogP) is 4.26. The first-order valence-electron chi connectivity index (χ1n) is 6.35. The highest BCUT2D eigenvalue weighted by molar-refractivity contribution is 5.84. The van der Waals surface area contributed by atoms with Crippen molar-refractivity contribution < 1.29 is 13.2 Å². The summed E-state index contributed by atoms with van der Waals surface area (Å²) in [6.45, 7) is 0.332. The highest BCUT2D eigenvalue weighted by Crippen LogP contribution is 2.20. The monoisotopic (exact) mass is 288 g/mol. The molecule has 0 aliphatic rings. The van der Waals surface area contributed by atoms with Crippen LogP contribution in [-0.2, 0) is 6.54 Å². The number of nitrogens with one attached hydrogen (secondary N) is 1. The first-order chi connectivity index (χ1) is 10.1. The Labute approximate surface area is 119 Å². The third-order valence-corrected chi connectivity index (χ3v) is 3.22. The second-order valence-electron chi connectivity index (χ2n) is 4.63. The van der Waals surface area contributed by atoms with E-state index in [1.165, 1.54) is 0 Å². The molecule has 0 aliphatic carbocycles. The lowest BCUT2D eigenvalue weighted by molar-refractivity contribution is 0.447. The van der Waals surface area contributed by atoms with Crippen LogP contribution in [0.2, 0.25) is 0 Å². The Kier molecular flexibility index (Phi) is 3.48. The van der Waals surface area contributed by atoms with Crippen LogP contribution in [0.25, 0.3) is 10.8 Å². The van der Waals surface area contributed by atoms with Crippen LogP contribution >= 0.6 is 0 Å². The van der Waals surface area contributed by atoms with Crippen LogP contribution < -0.4 is 5.32 Å². The number of fused-ring (bicyclic) bond motifs is 1. The van der Waals surface area contributed by atoms with Crippen molar-refractivity contribution in [3.05, 3.63) is 71.8 Å². The zero-order valence-electron chi connectivity index (χ0n) is 10.9. The second-order valence-corrected chi connectivity index (χ2v) is 4.63. The molecule has 0 atom stereocenters. The maximum Gasteiger partial charge on any atom is 0.194 e. The Hall–Kier alpha value is -2.56. The molecule has 0 fully saturated rings. The Morgan fingerprint density at radius 3 is 2.43 bits per heavy atom. The first-order valence-corrected chi connectivity index (χ1v) is 6.35. The van der Waals surface area contributed by atoms with E-state index in [4.69, 9.17) is 0 Å². The van der Waals surface area contributed by atoms with Gasteiger partial charge in [-0.25, -0.2) is 13.2 Å². The molecule has 3 rings (SSSR count). The van der Waals surface area contributed by atoms with E-state index in [0.29, 0.717) is 6.54 Å². The molecular formula is C16H11F3N2. The summed E-state index contributed by atoms with van der Waals surface area (Å²) in [5.41, 5.74) is 1.07. The van der Waals surface area contributed by atoms with E-state index >= 15 is 0 Å². The summed E-state index contributed by atoms with van der Waals surface area (Å²) in [5, 5.41) is 4.86. The fraction of sp³-hybridized carbons (Fsp3) is 0.0625. The van der Waals surface area contributed by atoms with E-state index < -0.39 is 17.5 Å². The average molecular weight is 288 g/mol. The van der Waals surface area contributed by atoms with Crippen molar-refractivity contribution in [3.63, 3.8) is 0 Å². The quantitative estimate of drug-likeness (QED) is 0.728. The van der Waals surface area contributed by atoms with Crippen molar-refractivity contribution in [1.29, 1.82) is 0 Å². The minimum Gasteiger partial charge on any atom is -0.381 e. The molecule has 0 radical (unpaired) electrons. The lowest BCUT2D eigenvalue weighted by Crippen LogP contribution is -2.03. The molecular weight excluding hydrogens is 277 g/mol. The average Bonchev–Trinajstić information content (AvgIpc) is 2.50. The molecule has 0 saturated carbocycles. The SMILES string of the molecule is Fc1cc(NCc2cncc3ccccc23)cc(F)c1F. The van der Waals surface area contributed by atoms with Gasteiger partial charge in [0.05, 0.1) is 0 Å². The Balaban J connectivity index is 1.87. The molecule has 2 aromatic carbocycles. The van der Waals surface area contributed by atoms with E-state index in [-0.39, 0.29) is 5.69 Å². The summed E-state index contributed by atoms with van der Waals surface area (Å²) >= 11 is 0. The maximum absolute atomic E-state index is 13.2. The molecule has 0 aliphatic heterocycles. The number of anilines is 1. The fourth-order valence-corrected chi connectivity index (χ4v) is 2.17. The van der Waals surface area contributed by atoms with Crippen molar-refractivity contribution in [2.24, 2.45) is 0 Å². The van der Waals surface area contributed by atoms with Crippen LogP contribution in [0.5, 0.6) is 0 Å². The fourth-order valence-electron chi connectivity index (χ4n) is 2.17. The van der Waals surface area contributed by atoms with Crippen molar-refractivity contribution in [3.8, 4) is 0 Å². The van der Waals surface area contributed by atoms with Crippen molar-refractivity contribution in [2.45, 2.75) is 6.54 Å². The van der Waals surface area contributed by atoms with Crippen LogP contribution in [0.3, 0.4) is 0 Å². The van der Waals surface area contributed by atoms with Crippen molar-refractivity contribution in [2.75, 3.05) is 5.32 Å². The van der Waals surface area contributed by atoms with Gasteiger partial charge in [-0.05, 0) is 10.9 Å². The van der Waals surface area contributed by atoms with Gasteiger partial charge in [-0.1, -0.05) is 24.3 Å². The summed E-state index contributed by atoms with van der Waals surface area (Å²) in [7, 11) is 0. The van der Waals surface area contributed by atoms with Crippen molar-refractivity contribution in [1.82, 2.24) is 4.98 Å². The van der Waals surface area contributed by atoms with Crippen LogP contribution in [0.1, 0.15) is 5.56 Å². The van der Waals surface area contributed by atoms with Crippen LogP contribution in [0.15, 0.2) is 48.8 Å². The van der Waals surface area contributed by atoms with E-state index in [0.717, 1.165) is 28.5 Å². The van der Waals surface area contributed by atoms with Gasteiger partial charge >= 0.3 is 0 Å². The number of nitrogens with zero attached hydrogens (tertiary/aromatic N) is 1. The second kappa shape index (κ2) is 5.44. The highest BCUT2D eigenvalue weighted by atomic mass is 19.2. The van der Waals surface area contributed by atoms with E-state index in [2.05, 4.69) is 10.3 Å². The van der Waals surface area contributed by atoms with Gasteiger partial charge in [0.25, 0.3) is 0 Å². The number of aromatic nitrogens is 1. The predicted molar refractivity (Wildman–Crippen MR) is 75.4 cm³/mol. The summed E-state index contributed by atoms with van der Waals surface area (Å²) < 4.78 is 39.2. The summed E-state index contributed by atoms with van der Waals surface area (Å²) in [6.07, 6.45) is 3.43. The number of hydrogen-bond donors (Lipinski definition) is 1. The molecule has 21 heavy (non-hydrogen) atoms. The molecule has 1 aromatic heterocycles. The minimum absolute atomic E-state index is 0.180. The van der Waals surface area contributed by atoms with Crippen LogP contribution in [-0.4, -0.2) is 4.98 Å². The molecule has 1 heterocycles. The summed E-state index contributed by atoms with van der Waals surface area (Å²) in [6, 6.07) is 9.55. The van der Waals surface area contributed by atoms with E-state index in [1.807, 2.05) is 24.3 Å². The number of rotatable bonds is 3. The van der Waals surface area contributed by atoms with Crippen molar-refractivity contribution >= 4 is 16.5 Å². The smallest absolute Gasteiger partial charge is 0.194 e. The van der Waals surface area contributed by atoms with E-state index in [1.54, 1.807) is 12.4 Å². The lowest BCUT2D eigenvalue weighted by atomic mass is 10.1. The van der Waals surface area contributed by atoms with Gasteiger partial charge in [0.2, 0.25) is 0 Å². The van der Waals surface area contributed by atoms with Gasteiger partial charge in [0.1, 0.15) is 0 Å². The Morgan fingerprint density at radius 2 is 1.67 bits per heavy atom. The largest absolute Gasteiger partial charge is 0.381 e. The third kappa shape index (κ3) is 2.67. The topological polar surface area (TPSA) is 24.9 Å².